The Hall–Kier alpha value is -2.41. The summed E-state index contributed by atoms with van der Waals surface area (Å²) in [5.74, 6) is 0. The van der Waals surface area contributed by atoms with Crippen LogP contribution in [0.25, 0.3) is 0 Å². The predicted molar refractivity (Wildman–Crippen MR) is 87.1 cm³/mol. The number of hydrogen-bond donors (Lipinski definition) is 1. The zero-order valence-corrected chi connectivity index (χ0v) is 13.5. The molecule has 0 amide bonds. The number of hydrogen-bond acceptors (Lipinski definition) is 5. The van der Waals surface area contributed by atoms with E-state index in [4.69, 9.17) is 4.52 Å². The number of nitro benzene ring substituents is 1. The minimum Gasteiger partial charge on any atom is -0.391 e. The summed E-state index contributed by atoms with van der Waals surface area (Å²) in [7, 11) is 0. The van der Waals surface area contributed by atoms with Gasteiger partial charge in [-0.05, 0) is 19.8 Å². The van der Waals surface area contributed by atoms with E-state index in [0.29, 0.717) is 23.2 Å². The van der Waals surface area contributed by atoms with Crippen LogP contribution in [0.5, 0.6) is 0 Å². The molecule has 1 aliphatic rings. The first kappa shape index (κ1) is 16.4. The van der Waals surface area contributed by atoms with Crippen LogP contribution in [-0.4, -0.2) is 20.9 Å². The molecule has 128 valence electrons. The quantitative estimate of drug-likeness (QED) is 0.685. The van der Waals surface area contributed by atoms with E-state index in [1.54, 1.807) is 25.1 Å². The molecule has 1 aromatic heterocycles. The van der Waals surface area contributed by atoms with E-state index >= 15 is 0 Å². The second kappa shape index (κ2) is 6.60. The Morgan fingerprint density at radius 3 is 2.75 bits per heavy atom. The molecule has 1 aromatic carbocycles. The first-order valence-electron chi connectivity index (χ1n) is 8.10. The largest absolute Gasteiger partial charge is 0.391 e. The lowest BCUT2D eigenvalue weighted by Crippen LogP contribution is -2.28. The summed E-state index contributed by atoms with van der Waals surface area (Å²) in [4.78, 5) is 22.9. The molecule has 1 fully saturated rings. The standard InChI is InChI=1S/C17H20N2O5/c1-11-13(10-12-6-2-3-7-14(12)19(22)23)17(21)24-18(11)15-8-4-5-9-16(15)20/h2-3,6-7,15-16,20H,4-5,8-10H2,1H3. The van der Waals surface area contributed by atoms with Crippen LogP contribution in [0.1, 0.15) is 48.5 Å². The SMILES string of the molecule is Cc1c(Cc2ccccc2[N+](=O)[O-])c(=O)on1C1CCCCC1O. The van der Waals surface area contributed by atoms with Crippen molar-refractivity contribution in [1.29, 1.82) is 0 Å². The highest BCUT2D eigenvalue weighted by Gasteiger charge is 2.29. The summed E-state index contributed by atoms with van der Waals surface area (Å²) in [6, 6.07) is 6.13. The Kier molecular flexibility index (Phi) is 4.53. The number of aromatic nitrogens is 1. The Morgan fingerprint density at radius 2 is 2.04 bits per heavy atom. The van der Waals surface area contributed by atoms with E-state index in [1.807, 2.05) is 0 Å². The molecule has 2 atom stereocenters. The Labute approximate surface area is 138 Å². The Morgan fingerprint density at radius 1 is 1.33 bits per heavy atom. The van der Waals surface area contributed by atoms with Gasteiger partial charge in [0.2, 0.25) is 0 Å². The van der Waals surface area contributed by atoms with Gasteiger partial charge in [-0.1, -0.05) is 31.0 Å². The van der Waals surface area contributed by atoms with Gasteiger partial charge in [0.1, 0.15) is 0 Å². The number of nitrogens with zero attached hydrogens (tertiary/aromatic N) is 2. The summed E-state index contributed by atoms with van der Waals surface area (Å²) in [6.07, 6.45) is 2.98. The van der Waals surface area contributed by atoms with Gasteiger partial charge in [0, 0.05) is 18.1 Å². The Balaban J connectivity index is 1.96. The number of rotatable bonds is 4. The maximum atomic E-state index is 12.3. The van der Waals surface area contributed by atoms with E-state index in [0.717, 1.165) is 19.3 Å². The summed E-state index contributed by atoms with van der Waals surface area (Å²) in [5, 5.41) is 21.3. The van der Waals surface area contributed by atoms with E-state index < -0.39 is 16.7 Å². The van der Waals surface area contributed by atoms with Crippen LogP contribution in [0.3, 0.4) is 0 Å². The average molecular weight is 332 g/mol. The molecular formula is C17H20N2O5. The van der Waals surface area contributed by atoms with Crippen molar-refractivity contribution in [2.24, 2.45) is 0 Å². The molecule has 3 rings (SSSR count). The van der Waals surface area contributed by atoms with Gasteiger partial charge in [-0.3, -0.25) is 10.1 Å². The first-order chi connectivity index (χ1) is 11.5. The number of para-hydroxylation sites is 1. The van der Waals surface area contributed by atoms with Crippen molar-refractivity contribution >= 4 is 5.69 Å². The predicted octanol–water partition coefficient (Wildman–Crippen LogP) is 2.72. The fourth-order valence-corrected chi connectivity index (χ4v) is 3.40. The molecule has 1 saturated carbocycles. The van der Waals surface area contributed by atoms with Crippen LogP contribution in [0.2, 0.25) is 0 Å². The van der Waals surface area contributed by atoms with Crippen molar-refractivity contribution in [3.05, 3.63) is 61.6 Å². The van der Waals surface area contributed by atoms with Crippen LogP contribution >= 0.6 is 0 Å². The molecule has 0 aliphatic heterocycles. The monoisotopic (exact) mass is 332 g/mol. The van der Waals surface area contributed by atoms with Gasteiger partial charge < -0.3 is 9.63 Å². The highest BCUT2D eigenvalue weighted by atomic mass is 16.6. The molecule has 0 spiro atoms. The molecule has 1 aliphatic carbocycles. The fourth-order valence-electron chi connectivity index (χ4n) is 3.40. The van der Waals surface area contributed by atoms with E-state index in [-0.39, 0.29) is 18.2 Å². The lowest BCUT2D eigenvalue weighted by Gasteiger charge is -2.27. The molecule has 0 bridgehead atoms. The minimum absolute atomic E-state index is 0.0123. The lowest BCUT2D eigenvalue weighted by molar-refractivity contribution is -0.385. The van der Waals surface area contributed by atoms with Crippen LogP contribution in [-0.2, 0) is 6.42 Å². The van der Waals surface area contributed by atoms with Gasteiger partial charge in [-0.2, -0.15) is 0 Å². The third-order valence-electron chi connectivity index (χ3n) is 4.75. The molecule has 2 aromatic rings. The van der Waals surface area contributed by atoms with Crippen LogP contribution in [0.15, 0.2) is 33.6 Å². The molecule has 7 heteroatoms. The molecule has 0 radical (unpaired) electrons. The number of aliphatic hydroxyl groups excluding tert-OH is 1. The molecule has 2 unspecified atom stereocenters. The van der Waals surface area contributed by atoms with Gasteiger partial charge in [-0.15, -0.1) is 0 Å². The number of aliphatic hydroxyl groups is 1. The van der Waals surface area contributed by atoms with Crippen LogP contribution in [0.4, 0.5) is 5.69 Å². The van der Waals surface area contributed by atoms with Crippen molar-refractivity contribution in [3.8, 4) is 0 Å². The van der Waals surface area contributed by atoms with E-state index in [1.165, 1.54) is 10.8 Å². The van der Waals surface area contributed by atoms with Crippen molar-refractivity contribution in [3.63, 3.8) is 0 Å². The van der Waals surface area contributed by atoms with Gasteiger partial charge in [0.15, 0.2) is 0 Å². The second-order valence-electron chi connectivity index (χ2n) is 6.25. The highest BCUT2D eigenvalue weighted by Crippen LogP contribution is 2.30. The Bertz CT molecular complexity index is 808. The lowest BCUT2D eigenvalue weighted by atomic mass is 9.92. The smallest absolute Gasteiger partial charge is 0.361 e. The van der Waals surface area contributed by atoms with Gasteiger partial charge in [-0.25, -0.2) is 9.53 Å². The summed E-state index contributed by atoms with van der Waals surface area (Å²) >= 11 is 0. The number of nitro groups is 1. The van der Waals surface area contributed by atoms with Gasteiger partial charge in [0.05, 0.1) is 28.3 Å². The first-order valence-corrected chi connectivity index (χ1v) is 8.10. The van der Waals surface area contributed by atoms with E-state index in [9.17, 15) is 20.0 Å². The zero-order valence-electron chi connectivity index (χ0n) is 13.5. The summed E-state index contributed by atoms with van der Waals surface area (Å²) < 4.78 is 6.86. The van der Waals surface area contributed by atoms with Crippen molar-refractivity contribution < 1.29 is 14.6 Å². The third-order valence-corrected chi connectivity index (χ3v) is 4.75. The van der Waals surface area contributed by atoms with Gasteiger partial charge >= 0.3 is 5.63 Å². The molecule has 0 saturated heterocycles. The average Bonchev–Trinajstić information content (AvgIpc) is 2.84. The molecular weight excluding hydrogens is 312 g/mol. The highest BCUT2D eigenvalue weighted by molar-refractivity contribution is 5.43. The number of benzene rings is 1. The zero-order chi connectivity index (χ0) is 17.3. The molecule has 1 N–H and O–H groups in total. The molecule has 24 heavy (non-hydrogen) atoms. The third kappa shape index (κ3) is 2.99. The van der Waals surface area contributed by atoms with Crippen molar-refractivity contribution in [2.75, 3.05) is 0 Å². The topological polar surface area (TPSA) is 98.5 Å². The second-order valence-corrected chi connectivity index (χ2v) is 6.25. The van der Waals surface area contributed by atoms with Crippen LogP contribution < -0.4 is 5.63 Å². The van der Waals surface area contributed by atoms with Crippen molar-refractivity contribution in [2.45, 2.75) is 51.2 Å². The summed E-state index contributed by atoms with van der Waals surface area (Å²) in [6.45, 7) is 1.76. The van der Waals surface area contributed by atoms with E-state index in [2.05, 4.69) is 0 Å². The fraction of sp³-hybridized carbons (Fsp3) is 0.471. The minimum atomic E-state index is -0.535. The maximum absolute atomic E-state index is 12.3. The normalized spacial score (nSPS) is 20.9. The summed E-state index contributed by atoms with van der Waals surface area (Å²) in [5.41, 5.74) is 0.996. The van der Waals surface area contributed by atoms with Crippen molar-refractivity contribution in [1.82, 2.24) is 4.74 Å². The molecule has 1 heterocycles. The van der Waals surface area contributed by atoms with Gasteiger partial charge in [0.25, 0.3) is 5.69 Å². The van der Waals surface area contributed by atoms with Crippen LogP contribution in [0, 0.1) is 17.0 Å². The molecule has 7 nitrogen and oxygen atoms in total. The maximum Gasteiger partial charge on any atom is 0.361 e.